The molecule has 25 heavy (non-hydrogen) atoms. The third kappa shape index (κ3) is 4.00. The van der Waals surface area contributed by atoms with E-state index in [0.29, 0.717) is 22.8 Å². The Bertz CT molecular complexity index is 715. The fourth-order valence-corrected chi connectivity index (χ4v) is 4.71. The first-order chi connectivity index (χ1) is 12.0. The maximum absolute atomic E-state index is 12.6. The fraction of sp³-hybridized carbons (Fsp3) is 0.588. The molecule has 0 spiro atoms. The summed E-state index contributed by atoms with van der Waals surface area (Å²) in [6, 6.07) is 4.16. The van der Waals surface area contributed by atoms with Gasteiger partial charge in [0.15, 0.2) is 5.82 Å². The fourth-order valence-electron chi connectivity index (χ4n) is 3.23. The molecule has 8 heteroatoms. The molecule has 0 aromatic carbocycles. The molecule has 2 aromatic heterocycles. The quantitative estimate of drug-likeness (QED) is 0.616. The van der Waals surface area contributed by atoms with Crippen molar-refractivity contribution < 1.29 is 4.79 Å². The van der Waals surface area contributed by atoms with Crippen LogP contribution in [0.4, 0.5) is 0 Å². The maximum Gasteiger partial charge on any atom is 0.233 e. The van der Waals surface area contributed by atoms with Crippen LogP contribution in [0.2, 0.25) is 0 Å². The van der Waals surface area contributed by atoms with Crippen LogP contribution in [-0.2, 0) is 4.79 Å². The number of hydrogen-bond donors (Lipinski definition) is 2. The molecule has 2 aromatic rings. The Morgan fingerprint density at radius 1 is 1.44 bits per heavy atom. The molecular formula is C17H25N5OS2. The van der Waals surface area contributed by atoms with Crippen molar-refractivity contribution in [2.24, 2.45) is 11.8 Å². The number of carbonyl (C=O) groups is 1. The summed E-state index contributed by atoms with van der Waals surface area (Å²) >= 11 is 2.90. The number of amides is 1. The molecule has 4 atom stereocenters. The van der Waals surface area contributed by atoms with Crippen molar-refractivity contribution in [1.29, 1.82) is 0 Å². The molecule has 0 unspecified atom stereocenters. The van der Waals surface area contributed by atoms with E-state index in [1.807, 2.05) is 24.4 Å². The van der Waals surface area contributed by atoms with Crippen LogP contribution in [0.25, 0.3) is 10.7 Å². The second kappa shape index (κ2) is 7.78. The van der Waals surface area contributed by atoms with Crippen molar-refractivity contribution in [3.05, 3.63) is 17.5 Å². The zero-order valence-corrected chi connectivity index (χ0v) is 16.4. The topological polar surface area (TPSA) is 85.8 Å². The second-order valence-electron chi connectivity index (χ2n) is 6.80. The van der Waals surface area contributed by atoms with Gasteiger partial charge in [0.05, 0.1) is 10.1 Å². The number of thiophene rings is 1. The van der Waals surface area contributed by atoms with Crippen LogP contribution < -0.4 is 11.2 Å². The van der Waals surface area contributed by atoms with Crippen molar-refractivity contribution in [1.82, 2.24) is 20.2 Å². The van der Waals surface area contributed by atoms with Gasteiger partial charge in [-0.25, -0.2) is 4.68 Å². The first-order valence-corrected chi connectivity index (χ1v) is 10.4. The highest BCUT2D eigenvalue weighted by atomic mass is 32.2. The van der Waals surface area contributed by atoms with Crippen LogP contribution in [0.1, 0.15) is 40.0 Å². The highest BCUT2D eigenvalue weighted by Gasteiger charge is 2.30. The van der Waals surface area contributed by atoms with Crippen LogP contribution >= 0.6 is 23.1 Å². The molecule has 1 fully saturated rings. The highest BCUT2D eigenvalue weighted by molar-refractivity contribution is 8.00. The first kappa shape index (κ1) is 18.3. The summed E-state index contributed by atoms with van der Waals surface area (Å²) in [5.74, 6) is 7.94. The van der Waals surface area contributed by atoms with E-state index in [0.717, 1.165) is 11.3 Å². The Balaban J connectivity index is 1.62. The summed E-state index contributed by atoms with van der Waals surface area (Å²) in [5, 5.41) is 13.8. The molecule has 0 bridgehead atoms. The van der Waals surface area contributed by atoms with Gasteiger partial charge >= 0.3 is 0 Å². The lowest BCUT2D eigenvalue weighted by Gasteiger charge is -2.35. The predicted molar refractivity (Wildman–Crippen MR) is 103 cm³/mol. The van der Waals surface area contributed by atoms with Gasteiger partial charge in [-0.2, -0.15) is 0 Å². The zero-order valence-electron chi connectivity index (χ0n) is 14.8. The maximum atomic E-state index is 12.6. The number of nitrogen functional groups attached to an aromatic ring is 1. The molecule has 136 valence electrons. The van der Waals surface area contributed by atoms with E-state index in [1.54, 1.807) is 11.3 Å². The van der Waals surface area contributed by atoms with Gasteiger partial charge in [0.25, 0.3) is 0 Å². The molecule has 0 saturated heterocycles. The number of hydrogen-bond acceptors (Lipinski definition) is 6. The Morgan fingerprint density at radius 2 is 2.24 bits per heavy atom. The van der Waals surface area contributed by atoms with E-state index in [9.17, 15) is 4.79 Å². The van der Waals surface area contributed by atoms with Crippen molar-refractivity contribution >= 4 is 29.0 Å². The minimum Gasteiger partial charge on any atom is -0.352 e. The average molecular weight is 380 g/mol. The number of rotatable bonds is 5. The van der Waals surface area contributed by atoms with Crippen LogP contribution in [-0.4, -0.2) is 32.1 Å². The summed E-state index contributed by atoms with van der Waals surface area (Å²) in [6.45, 7) is 6.39. The van der Waals surface area contributed by atoms with Crippen LogP contribution in [0.5, 0.6) is 0 Å². The Kier molecular flexibility index (Phi) is 5.68. The standard InChI is InChI=1S/C17H25N5OS2/c1-10-6-4-7-13(11(10)2)19-16(23)12(3)25-17-21-20-15(22(17)18)14-8-5-9-24-14/h5,8-13H,4,6-7,18H2,1-3H3,(H,19,23)/t10-,11+,12-,13+/m1/s1. The van der Waals surface area contributed by atoms with Crippen LogP contribution in [0.3, 0.4) is 0 Å². The normalized spacial score (nSPS) is 24.8. The molecule has 0 aliphatic heterocycles. The highest BCUT2D eigenvalue weighted by Crippen LogP contribution is 2.31. The Labute approximate surface area is 156 Å². The number of carbonyl (C=O) groups excluding carboxylic acids is 1. The molecule has 1 aliphatic carbocycles. The van der Waals surface area contributed by atoms with Crippen molar-refractivity contribution in [2.45, 2.75) is 56.5 Å². The lowest BCUT2D eigenvalue weighted by Crippen LogP contribution is -2.46. The van der Waals surface area contributed by atoms with Gasteiger partial charge in [-0.05, 0) is 36.6 Å². The number of aromatic nitrogens is 3. The molecular weight excluding hydrogens is 354 g/mol. The summed E-state index contributed by atoms with van der Waals surface area (Å²) in [5.41, 5.74) is 0. The van der Waals surface area contributed by atoms with Gasteiger partial charge in [-0.3, -0.25) is 4.79 Å². The van der Waals surface area contributed by atoms with Gasteiger partial charge in [-0.15, -0.1) is 21.5 Å². The lowest BCUT2D eigenvalue weighted by atomic mass is 9.78. The van der Waals surface area contributed by atoms with Gasteiger partial charge < -0.3 is 11.2 Å². The third-order valence-corrected chi connectivity index (χ3v) is 7.01. The predicted octanol–water partition coefficient (Wildman–Crippen LogP) is 3.14. The number of thioether (sulfide) groups is 1. The van der Waals surface area contributed by atoms with Crippen LogP contribution in [0.15, 0.2) is 22.7 Å². The van der Waals surface area contributed by atoms with Crippen molar-refractivity contribution in [3.63, 3.8) is 0 Å². The minimum atomic E-state index is -0.271. The number of nitrogens with zero attached hydrogens (tertiary/aromatic N) is 3. The average Bonchev–Trinajstić information content (AvgIpc) is 3.22. The molecule has 3 rings (SSSR count). The summed E-state index contributed by atoms with van der Waals surface area (Å²) in [6.07, 6.45) is 3.49. The van der Waals surface area contributed by atoms with Gasteiger partial charge in [0, 0.05) is 6.04 Å². The second-order valence-corrected chi connectivity index (χ2v) is 9.05. The monoisotopic (exact) mass is 379 g/mol. The third-order valence-electron chi connectivity index (χ3n) is 5.09. The summed E-state index contributed by atoms with van der Waals surface area (Å²) in [4.78, 5) is 13.5. The van der Waals surface area contributed by atoms with E-state index in [-0.39, 0.29) is 17.2 Å². The van der Waals surface area contributed by atoms with Gasteiger partial charge in [0.2, 0.25) is 11.1 Å². The summed E-state index contributed by atoms with van der Waals surface area (Å²) < 4.78 is 1.46. The molecule has 0 radical (unpaired) electrons. The van der Waals surface area contributed by atoms with Crippen molar-refractivity contribution in [3.8, 4) is 10.7 Å². The molecule has 6 nitrogen and oxygen atoms in total. The van der Waals surface area contributed by atoms with Crippen molar-refractivity contribution in [2.75, 3.05) is 5.84 Å². The number of nitrogens with one attached hydrogen (secondary N) is 1. The molecule has 1 amide bonds. The zero-order chi connectivity index (χ0) is 18.0. The molecule has 1 aliphatic rings. The molecule has 2 heterocycles. The largest absolute Gasteiger partial charge is 0.352 e. The summed E-state index contributed by atoms with van der Waals surface area (Å²) in [7, 11) is 0. The molecule has 1 saturated carbocycles. The van der Waals surface area contributed by atoms with Gasteiger partial charge in [0.1, 0.15) is 0 Å². The van der Waals surface area contributed by atoms with E-state index < -0.39 is 0 Å². The molecule has 3 N–H and O–H groups in total. The smallest absolute Gasteiger partial charge is 0.233 e. The van der Waals surface area contributed by atoms with Gasteiger partial charge in [-0.1, -0.05) is 44.5 Å². The lowest BCUT2D eigenvalue weighted by molar-refractivity contribution is -0.121. The number of nitrogens with two attached hydrogens (primary N) is 1. The van der Waals surface area contributed by atoms with E-state index >= 15 is 0 Å². The van der Waals surface area contributed by atoms with Crippen LogP contribution in [0, 0.1) is 11.8 Å². The Hall–Kier alpha value is -1.54. The first-order valence-electron chi connectivity index (χ1n) is 8.68. The Morgan fingerprint density at radius 3 is 2.96 bits per heavy atom. The minimum absolute atomic E-state index is 0.0385. The van der Waals surface area contributed by atoms with E-state index in [4.69, 9.17) is 5.84 Å². The SMILES string of the molecule is C[C@H]1[C@H](C)CCC[C@@H]1NC(=O)[C@@H](C)Sc1nnc(-c2cccs2)n1N. The van der Waals surface area contributed by atoms with E-state index in [2.05, 4.69) is 29.4 Å². The van der Waals surface area contributed by atoms with E-state index in [1.165, 1.54) is 29.3 Å².